The molecule has 1 aliphatic carbocycles. The number of hydrogen-bond acceptors (Lipinski definition) is 2. The second-order valence-corrected chi connectivity index (χ2v) is 3.79. The van der Waals surface area contributed by atoms with E-state index in [0.717, 1.165) is 5.92 Å². The predicted octanol–water partition coefficient (Wildman–Crippen LogP) is 0.899. The molecule has 1 aliphatic rings. The molecule has 3 atom stereocenters. The molecule has 3 nitrogen and oxygen atoms in total. The minimum absolute atomic E-state index is 0.0403. The maximum Gasteiger partial charge on any atom is 0.236 e. The highest BCUT2D eigenvalue weighted by Crippen LogP contribution is 2.33. The van der Waals surface area contributed by atoms with Crippen LogP contribution in [0.15, 0.2) is 0 Å². The van der Waals surface area contributed by atoms with Gasteiger partial charge in [-0.15, -0.1) is 0 Å². The van der Waals surface area contributed by atoms with Gasteiger partial charge in [0.2, 0.25) is 5.91 Å². The molecule has 0 aromatic carbocycles. The molecule has 13 heavy (non-hydrogen) atoms. The zero-order chi connectivity index (χ0) is 9.84. The summed E-state index contributed by atoms with van der Waals surface area (Å²) in [5.74, 6) is 0.918. The third kappa shape index (κ3) is 2.99. The van der Waals surface area contributed by atoms with Crippen LogP contribution in [0.2, 0.25) is 0 Å². The summed E-state index contributed by atoms with van der Waals surface area (Å²) >= 11 is 0. The fraction of sp³-hybridized carbons (Fsp3) is 0.900. The molecule has 0 spiro atoms. The zero-order valence-corrected chi connectivity index (χ0v) is 8.76. The maximum atomic E-state index is 11.3. The van der Waals surface area contributed by atoms with E-state index >= 15 is 0 Å². The molecule has 1 fully saturated rings. The minimum atomic E-state index is -0.0403. The number of rotatable bonds is 5. The SMILES string of the molecule is CCNC(=O)C(C)NC1CC1CC. The monoisotopic (exact) mass is 184 g/mol. The first-order chi connectivity index (χ1) is 6.19. The van der Waals surface area contributed by atoms with E-state index in [1.807, 2.05) is 13.8 Å². The number of nitrogens with one attached hydrogen (secondary N) is 2. The van der Waals surface area contributed by atoms with Crippen molar-refractivity contribution in [3.05, 3.63) is 0 Å². The van der Waals surface area contributed by atoms with Crippen molar-refractivity contribution < 1.29 is 4.79 Å². The molecule has 2 N–H and O–H groups in total. The summed E-state index contributed by atoms with van der Waals surface area (Å²) in [4.78, 5) is 11.3. The van der Waals surface area contributed by atoms with Gasteiger partial charge in [-0.2, -0.15) is 0 Å². The first-order valence-corrected chi connectivity index (χ1v) is 5.22. The quantitative estimate of drug-likeness (QED) is 0.666. The van der Waals surface area contributed by atoms with Gasteiger partial charge in [-0.05, 0) is 26.2 Å². The predicted molar refractivity (Wildman–Crippen MR) is 53.5 cm³/mol. The summed E-state index contributed by atoms with van der Waals surface area (Å²) in [5, 5.41) is 6.14. The Kier molecular flexibility index (Phi) is 3.72. The number of hydrogen-bond donors (Lipinski definition) is 2. The number of likely N-dealkylation sites (N-methyl/N-ethyl adjacent to an activating group) is 1. The molecule has 0 radical (unpaired) electrons. The van der Waals surface area contributed by atoms with Crippen molar-refractivity contribution >= 4 is 5.91 Å². The highest BCUT2D eigenvalue weighted by atomic mass is 16.2. The van der Waals surface area contributed by atoms with Crippen LogP contribution in [0.3, 0.4) is 0 Å². The van der Waals surface area contributed by atoms with Crippen LogP contribution in [0.1, 0.15) is 33.6 Å². The van der Waals surface area contributed by atoms with Gasteiger partial charge in [0.25, 0.3) is 0 Å². The third-order valence-corrected chi connectivity index (χ3v) is 2.66. The maximum absolute atomic E-state index is 11.3. The molecular weight excluding hydrogens is 164 g/mol. The van der Waals surface area contributed by atoms with Crippen LogP contribution < -0.4 is 10.6 Å². The van der Waals surface area contributed by atoms with Crippen molar-refractivity contribution in [3.63, 3.8) is 0 Å². The topological polar surface area (TPSA) is 41.1 Å². The molecule has 0 aromatic rings. The van der Waals surface area contributed by atoms with Gasteiger partial charge in [0.05, 0.1) is 6.04 Å². The first kappa shape index (κ1) is 10.5. The van der Waals surface area contributed by atoms with Gasteiger partial charge in [-0.3, -0.25) is 4.79 Å². The smallest absolute Gasteiger partial charge is 0.236 e. The van der Waals surface area contributed by atoms with Crippen molar-refractivity contribution in [2.45, 2.75) is 45.7 Å². The van der Waals surface area contributed by atoms with Gasteiger partial charge >= 0.3 is 0 Å². The third-order valence-electron chi connectivity index (χ3n) is 2.66. The summed E-state index contributed by atoms with van der Waals surface area (Å²) in [6, 6.07) is 0.545. The molecular formula is C10H20N2O. The first-order valence-electron chi connectivity index (χ1n) is 5.22. The van der Waals surface area contributed by atoms with Crippen molar-refractivity contribution in [2.75, 3.05) is 6.54 Å². The van der Waals surface area contributed by atoms with Gasteiger partial charge in [0.15, 0.2) is 0 Å². The average Bonchev–Trinajstić information content (AvgIpc) is 2.83. The van der Waals surface area contributed by atoms with E-state index < -0.39 is 0 Å². The Morgan fingerprint density at radius 1 is 1.54 bits per heavy atom. The second-order valence-electron chi connectivity index (χ2n) is 3.79. The Morgan fingerprint density at radius 3 is 2.69 bits per heavy atom. The standard InChI is InChI=1S/C10H20N2O/c1-4-8-6-9(8)12-7(3)10(13)11-5-2/h7-9,12H,4-6H2,1-3H3,(H,11,13). The summed E-state index contributed by atoms with van der Waals surface area (Å²) in [7, 11) is 0. The lowest BCUT2D eigenvalue weighted by Crippen LogP contribution is -2.43. The molecule has 0 aliphatic heterocycles. The van der Waals surface area contributed by atoms with Gasteiger partial charge in [0, 0.05) is 12.6 Å². The van der Waals surface area contributed by atoms with E-state index in [1.165, 1.54) is 12.8 Å². The minimum Gasteiger partial charge on any atom is -0.355 e. The zero-order valence-electron chi connectivity index (χ0n) is 8.76. The molecule has 0 saturated heterocycles. The van der Waals surface area contributed by atoms with Crippen LogP contribution in [0, 0.1) is 5.92 Å². The normalized spacial score (nSPS) is 28.2. The molecule has 0 bridgehead atoms. The van der Waals surface area contributed by atoms with Crippen LogP contribution >= 0.6 is 0 Å². The van der Waals surface area contributed by atoms with E-state index in [1.54, 1.807) is 0 Å². The number of amides is 1. The van der Waals surface area contributed by atoms with E-state index in [4.69, 9.17) is 0 Å². The molecule has 1 amide bonds. The number of carbonyl (C=O) groups excluding carboxylic acids is 1. The highest BCUT2D eigenvalue weighted by molar-refractivity contribution is 5.81. The molecule has 1 saturated carbocycles. The Bertz CT molecular complexity index is 182. The largest absolute Gasteiger partial charge is 0.355 e. The van der Waals surface area contributed by atoms with Crippen LogP contribution in [-0.4, -0.2) is 24.5 Å². The lowest BCUT2D eigenvalue weighted by Gasteiger charge is -2.12. The molecule has 76 valence electrons. The van der Waals surface area contributed by atoms with Crippen LogP contribution in [0.4, 0.5) is 0 Å². The van der Waals surface area contributed by atoms with Gasteiger partial charge < -0.3 is 10.6 Å². The summed E-state index contributed by atoms with van der Waals surface area (Å²) in [6.45, 7) is 6.78. The van der Waals surface area contributed by atoms with E-state index in [-0.39, 0.29) is 11.9 Å². The summed E-state index contributed by atoms with van der Waals surface area (Å²) in [5.41, 5.74) is 0. The van der Waals surface area contributed by atoms with Crippen molar-refractivity contribution in [1.29, 1.82) is 0 Å². The highest BCUT2D eigenvalue weighted by Gasteiger charge is 2.36. The van der Waals surface area contributed by atoms with Gasteiger partial charge in [-0.1, -0.05) is 13.3 Å². The van der Waals surface area contributed by atoms with Gasteiger partial charge in [0.1, 0.15) is 0 Å². The molecule has 3 unspecified atom stereocenters. The molecule has 0 heterocycles. The summed E-state index contributed by atoms with van der Waals surface area (Å²) < 4.78 is 0. The van der Waals surface area contributed by atoms with Crippen LogP contribution in [0.25, 0.3) is 0 Å². The molecule has 0 aromatic heterocycles. The van der Waals surface area contributed by atoms with E-state index in [0.29, 0.717) is 12.6 Å². The Labute approximate surface area is 80.3 Å². The lowest BCUT2D eigenvalue weighted by atomic mass is 10.3. The Balaban J connectivity index is 2.18. The lowest BCUT2D eigenvalue weighted by molar-refractivity contribution is -0.122. The van der Waals surface area contributed by atoms with E-state index in [9.17, 15) is 4.79 Å². The van der Waals surface area contributed by atoms with E-state index in [2.05, 4.69) is 17.6 Å². The van der Waals surface area contributed by atoms with Gasteiger partial charge in [-0.25, -0.2) is 0 Å². The number of carbonyl (C=O) groups is 1. The van der Waals surface area contributed by atoms with Crippen LogP contribution in [-0.2, 0) is 4.79 Å². The summed E-state index contributed by atoms with van der Waals surface area (Å²) in [6.07, 6.45) is 2.46. The molecule has 3 heteroatoms. The second kappa shape index (κ2) is 4.61. The fourth-order valence-corrected chi connectivity index (χ4v) is 1.63. The molecule has 1 rings (SSSR count). The average molecular weight is 184 g/mol. The Morgan fingerprint density at radius 2 is 2.23 bits per heavy atom. The van der Waals surface area contributed by atoms with Crippen molar-refractivity contribution in [3.8, 4) is 0 Å². The van der Waals surface area contributed by atoms with Crippen molar-refractivity contribution in [2.24, 2.45) is 5.92 Å². The fourth-order valence-electron chi connectivity index (χ4n) is 1.63. The van der Waals surface area contributed by atoms with Crippen molar-refractivity contribution in [1.82, 2.24) is 10.6 Å². The Hall–Kier alpha value is -0.570. The van der Waals surface area contributed by atoms with Crippen LogP contribution in [0.5, 0.6) is 0 Å².